The molecule has 0 aromatic heterocycles. The van der Waals surface area contributed by atoms with Crippen LogP contribution >= 0.6 is 11.6 Å². The number of carbonyl (C=O) groups is 2. The number of hydrogen-bond donors (Lipinski definition) is 3. The van der Waals surface area contributed by atoms with Gasteiger partial charge in [-0.05, 0) is 24.1 Å². The second-order valence-electron chi connectivity index (χ2n) is 6.03. The first-order valence-electron chi connectivity index (χ1n) is 8.71. The average Bonchev–Trinajstić information content (AvgIpc) is 2.61. The minimum absolute atomic E-state index is 0.0295. The molecule has 0 fully saturated rings. The van der Waals surface area contributed by atoms with E-state index in [4.69, 9.17) is 16.3 Å². The Morgan fingerprint density at radius 1 is 1.19 bits per heavy atom. The van der Waals surface area contributed by atoms with Crippen molar-refractivity contribution in [3.63, 3.8) is 0 Å². The first-order chi connectivity index (χ1) is 12.9. The van der Waals surface area contributed by atoms with Crippen LogP contribution in [0.5, 0.6) is 5.75 Å². The van der Waals surface area contributed by atoms with Gasteiger partial charge in [0, 0.05) is 24.6 Å². The van der Waals surface area contributed by atoms with Crippen molar-refractivity contribution in [1.29, 1.82) is 0 Å². The number of ether oxygens (including phenoxy) is 1. The van der Waals surface area contributed by atoms with Crippen LogP contribution in [-0.2, 0) is 11.3 Å². The second kappa shape index (κ2) is 9.83. The number of amides is 1. The Morgan fingerprint density at radius 3 is 2.56 bits per heavy atom. The highest BCUT2D eigenvalue weighted by Gasteiger charge is 2.17. The fourth-order valence-corrected chi connectivity index (χ4v) is 2.67. The molecule has 1 amide bonds. The number of aromatic carboxylic acids is 1. The summed E-state index contributed by atoms with van der Waals surface area (Å²) >= 11 is 6.17. The fraction of sp³-hybridized carbons (Fsp3) is 0.300. The standard InChI is InChI=1S/C20H23ClN2O4/c1-3-4-9-27-19-11-18(23-13(2)24)17(10-15(19)20(25)26)22-12-14-7-5-6-8-16(14)21/h5-8,10-11,22H,3-4,9,12H2,1-2H3,(H,23,24)(H,25,26). The van der Waals surface area contributed by atoms with Gasteiger partial charge in [-0.15, -0.1) is 0 Å². The van der Waals surface area contributed by atoms with Gasteiger partial charge in [-0.2, -0.15) is 0 Å². The van der Waals surface area contributed by atoms with Crippen molar-refractivity contribution in [1.82, 2.24) is 0 Å². The van der Waals surface area contributed by atoms with Crippen LogP contribution in [0, 0.1) is 0 Å². The van der Waals surface area contributed by atoms with Gasteiger partial charge >= 0.3 is 5.97 Å². The van der Waals surface area contributed by atoms with Gasteiger partial charge in [0.25, 0.3) is 0 Å². The molecule has 144 valence electrons. The van der Waals surface area contributed by atoms with Crippen molar-refractivity contribution in [3.8, 4) is 5.75 Å². The van der Waals surface area contributed by atoms with E-state index < -0.39 is 5.97 Å². The molecule has 0 saturated carbocycles. The van der Waals surface area contributed by atoms with Gasteiger partial charge in [-0.1, -0.05) is 43.1 Å². The van der Waals surface area contributed by atoms with E-state index in [1.54, 1.807) is 6.07 Å². The third-order valence-corrected chi connectivity index (χ3v) is 4.21. The predicted octanol–water partition coefficient (Wildman–Crippen LogP) is 4.79. The van der Waals surface area contributed by atoms with Crippen molar-refractivity contribution in [3.05, 3.63) is 52.5 Å². The fourth-order valence-electron chi connectivity index (χ4n) is 2.46. The molecule has 0 heterocycles. The lowest BCUT2D eigenvalue weighted by molar-refractivity contribution is -0.114. The van der Waals surface area contributed by atoms with Crippen LogP contribution in [0.1, 0.15) is 42.6 Å². The summed E-state index contributed by atoms with van der Waals surface area (Å²) in [5.74, 6) is -1.14. The molecule has 2 rings (SSSR count). The topological polar surface area (TPSA) is 87.7 Å². The number of anilines is 2. The van der Waals surface area contributed by atoms with E-state index in [0.29, 0.717) is 29.5 Å². The third-order valence-electron chi connectivity index (χ3n) is 3.84. The third kappa shape index (κ3) is 5.89. The Morgan fingerprint density at radius 2 is 1.93 bits per heavy atom. The van der Waals surface area contributed by atoms with E-state index in [-0.39, 0.29) is 17.2 Å². The Kier molecular flexibility index (Phi) is 7.49. The Hall–Kier alpha value is -2.73. The molecule has 2 aromatic carbocycles. The van der Waals surface area contributed by atoms with Crippen molar-refractivity contribution >= 4 is 34.9 Å². The minimum atomic E-state index is -1.10. The van der Waals surface area contributed by atoms with E-state index in [0.717, 1.165) is 18.4 Å². The summed E-state index contributed by atoms with van der Waals surface area (Å²) in [4.78, 5) is 23.2. The zero-order chi connectivity index (χ0) is 19.8. The first kappa shape index (κ1) is 20.6. The van der Waals surface area contributed by atoms with Gasteiger partial charge in [-0.3, -0.25) is 4.79 Å². The summed E-state index contributed by atoms with van der Waals surface area (Å²) in [7, 11) is 0. The lowest BCUT2D eigenvalue weighted by Gasteiger charge is -2.17. The summed E-state index contributed by atoms with van der Waals surface area (Å²) in [6.07, 6.45) is 1.74. The highest BCUT2D eigenvalue weighted by molar-refractivity contribution is 6.31. The molecule has 6 nitrogen and oxygen atoms in total. The largest absolute Gasteiger partial charge is 0.493 e. The number of carboxylic acid groups (broad SMARTS) is 1. The number of carboxylic acids is 1. The summed E-state index contributed by atoms with van der Waals surface area (Å²) in [6, 6.07) is 10.3. The second-order valence-corrected chi connectivity index (χ2v) is 6.43. The first-order valence-corrected chi connectivity index (χ1v) is 9.09. The molecular weight excluding hydrogens is 368 g/mol. The molecule has 0 aliphatic carbocycles. The number of rotatable bonds is 9. The number of carbonyl (C=O) groups excluding carboxylic acids is 1. The summed E-state index contributed by atoms with van der Waals surface area (Å²) in [5.41, 5.74) is 1.81. The SMILES string of the molecule is CCCCOc1cc(NC(C)=O)c(NCc2ccccc2Cl)cc1C(=O)O. The van der Waals surface area contributed by atoms with Crippen molar-refractivity contribution in [2.45, 2.75) is 33.2 Å². The minimum Gasteiger partial charge on any atom is -0.493 e. The summed E-state index contributed by atoms with van der Waals surface area (Å²) in [6.45, 7) is 4.19. The Bertz CT molecular complexity index is 824. The zero-order valence-corrected chi connectivity index (χ0v) is 16.1. The van der Waals surface area contributed by atoms with Crippen LogP contribution < -0.4 is 15.4 Å². The number of benzene rings is 2. The highest BCUT2D eigenvalue weighted by Crippen LogP contribution is 2.32. The molecule has 2 aromatic rings. The monoisotopic (exact) mass is 390 g/mol. The van der Waals surface area contributed by atoms with Crippen molar-refractivity contribution < 1.29 is 19.4 Å². The normalized spacial score (nSPS) is 10.3. The molecule has 0 atom stereocenters. The van der Waals surface area contributed by atoms with Crippen LogP contribution in [0.3, 0.4) is 0 Å². The maximum Gasteiger partial charge on any atom is 0.339 e. The van der Waals surface area contributed by atoms with Crippen molar-refractivity contribution in [2.75, 3.05) is 17.2 Å². The number of hydrogen-bond acceptors (Lipinski definition) is 4. The molecule has 0 radical (unpaired) electrons. The van der Waals surface area contributed by atoms with Gasteiger partial charge < -0.3 is 20.5 Å². The molecule has 0 spiro atoms. The van der Waals surface area contributed by atoms with Crippen LogP contribution in [-0.4, -0.2) is 23.6 Å². The van der Waals surface area contributed by atoms with Crippen molar-refractivity contribution in [2.24, 2.45) is 0 Å². The van der Waals surface area contributed by atoms with E-state index >= 15 is 0 Å². The van der Waals surface area contributed by atoms with Gasteiger partial charge in [-0.25, -0.2) is 4.79 Å². The molecular formula is C20H23ClN2O4. The number of halogens is 1. The molecule has 27 heavy (non-hydrogen) atoms. The molecule has 0 bridgehead atoms. The van der Waals surface area contributed by atoms with Gasteiger partial charge in [0.05, 0.1) is 18.0 Å². The average molecular weight is 391 g/mol. The van der Waals surface area contributed by atoms with Crippen LogP contribution in [0.2, 0.25) is 5.02 Å². The Labute approximate surface area is 163 Å². The lowest BCUT2D eigenvalue weighted by Crippen LogP contribution is -2.12. The number of unbranched alkanes of at least 4 members (excludes halogenated alkanes) is 1. The van der Waals surface area contributed by atoms with Crippen LogP contribution in [0.4, 0.5) is 11.4 Å². The summed E-state index contributed by atoms with van der Waals surface area (Å²) < 4.78 is 5.62. The molecule has 0 unspecified atom stereocenters. The Balaban J connectivity index is 2.34. The van der Waals surface area contributed by atoms with Gasteiger partial charge in [0.2, 0.25) is 5.91 Å². The molecule has 7 heteroatoms. The van der Waals surface area contributed by atoms with Crippen LogP contribution in [0.25, 0.3) is 0 Å². The quantitative estimate of drug-likeness (QED) is 0.536. The van der Waals surface area contributed by atoms with Gasteiger partial charge in [0.1, 0.15) is 11.3 Å². The molecule has 3 N–H and O–H groups in total. The molecule has 0 aliphatic heterocycles. The lowest BCUT2D eigenvalue weighted by atomic mass is 10.1. The highest BCUT2D eigenvalue weighted by atomic mass is 35.5. The maximum atomic E-state index is 11.7. The van der Waals surface area contributed by atoms with E-state index in [1.165, 1.54) is 19.1 Å². The van der Waals surface area contributed by atoms with E-state index in [2.05, 4.69) is 10.6 Å². The number of nitrogens with one attached hydrogen (secondary N) is 2. The molecule has 0 aliphatic rings. The summed E-state index contributed by atoms with van der Waals surface area (Å²) in [5, 5.41) is 16.0. The van der Waals surface area contributed by atoms with E-state index in [9.17, 15) is 14.7 Å². The maximum absolute atomic E-state index is 11.7. The van der Waals surface area contributed by atoms with E-state index in [1.807, 2.05) is 25.1 Å². The predicted molar refractivity (Wildman–Crippen MR) is 107 cm³/mol. The zero-order valence-electron chi connectivity index (χ0n) is 15.3. The van der Waals surface area contributed by atoms with Crippen LogP contribution in [0.15, 0.2) is 36.4 Å². The smallest absolute Gasteiger partial charge is 0.339 e. The van der Waals surface area contributed by atoms with Gasteiger partial charge in [0.15, 0.2) is 0 Å². The molecule has 0 saturated heterocycles.